The van der Waals surface area contributed by atoms with Gasteiger partial charge < -0.3 is 19.7 Å². The maximum Gasteiger partial charge on any atom is 0.411 e. The van der Waals surface area contributed by atoms with Gasteiger partial charge in [-0.1, -0.05) is 30.3 Å². The number of hydrogen-bond acceptors (Lipinski definition) is 6. The van der Waals surface area contributed by atoms with Crippen LogP contribution < -0.4 is 0 Å². The number of carbonyl (C=O) groups excluding carboxylic acids is 2. The van der Waals surface area contributed by atoms with E-state index in [-0.39, 0.29) is 13.0 Å². The van der Waals surface area contributed by atoms with Gasteiger partial charge in [0, 0.05) is 0 Å². The number of carbonyl (C=O) groups is 2. The largest absolute Gasteiger partial charge is 0.458 e. The standard InChI is InChI=1S/C19H25NO6/c1-18(2,3)26-16(23)19-10-9-13(14(21)15(19)22)20(19)17(24)25-11-12-7-5-4-6-8-12/h4-8,13-15,21-22H,9-11H2,1-3H3/t13-,14-,15-,19+/m1/s1. The van der Waals surface area contributed by atoms with Gasteiger partial charge in [-0.15, -0.1) is 0 Å². The van der Waals surface area contributed by atoms with E-state index in [9.17, 15) is 19.8 Å². The molecule has 0 spiro atoms. The van der Waals surface area contributed by atoms with E-state index in [0.29, 0.717) is 6.42 Å². The van der Waals surface area contributed by atoms with E-state index in [2.05, 4.69) is 0 Å². The zero-order chi connectivity index (χ0) is 19.1. The molecular weight excluding hydrogens is 338 g/mol. The Labute approximate surface area is 152 Å². The molecular formula is C19H25NO6. The number of fused-ring (bicyclic) bond motifs is 2. The molecule has 2 bridgehead atoms. The fourth-order valence-electron chi connectivity index (χ4n) is 3.79. The Morgan fingerprint density at radius 1 is 1.23 bits per heavy atom. The van der Waals surface area contributed by atoms with Crippen LogP contribution in [0.5, 0.6) is 0 Å². The highest BCUT2D eigenvalue weighted by molar-refractivity contribution is 5.89. The average Bonchev–Trinajstić information content (AvgIpc) is 3.07. The molecule has 0 radical (unpaired) electrons. The lowest BCUT2D eigenvalue weighted by Gasteiger charge is -2.36. The Bertz CT molecular complexity index is 685. The van der Waals surface area contributed by atoms with Crippen LogP contribution in [-0.2, 0) is 20.9 Å². The Balaban J connectivity index is 1.82. The van der Waals surface area contributed by atoms with Crippen molar-refractivity contribution in [3.8, 4) is 0 Å². The monoisotopic (exact) mass is 363 g/mol. The molecule has 0 aromatic heterocycles. The van der Waals surface area contributed by atoms with Crippen molar-refractivity contribution in [3.05, 3.63) is 35.9 Å². The third-order valence-corrected chi connectivity index (χ3v) is 4.94. The third-order valence-electron chi connectivity index (χ3n) is 4.94. The summed E-state index contributed by atoms with van der Waals surface area (Å²) in [5, 5.41) is 20.8. The van der Waals surface area contributed by atoms with Gasteiger partial charge in [-0.2, -0.15) is 0 Å². The second kappa shape index (κ2) is 6.55. The molecule has 7 heteroatoms. The number of ether oxygens (including phenoxy) is 2. The summed E-state index contributed by atoms with van der Waals surface area (Å²) >= 11 is 0. The third kappa shape index (κ3) is 3.05. The molecule has 1 amide bonds. The molecule has 2 N–H and O–H groups in total. The molecule has 0 saturated carbocycles. The number of aliphatic hydroxyl groups is 2. The number of esters is 1. The molecule has 4 atom stereocenters. The van der Waals surface area contributed by atoms with Crippen LogP contribution in [0.4, 0.5) is 4.79 Å². The van der Waals surface area contributed by atoms with E-state index in [0.717, 1.165) is 5.56 Å². The highest BCUT2D eigenvalue weighted by atomic mass is 16.6. The molecule has 2 heterocycles. The normalized spacial score (nSPS) is 30.3. The summed E-state index contributed by atoms with van der Waals surface area (Å²) in [6.07, 6.45) is -2.72. The molecule has 2 aliphatic rings. The van der Waals surface area contributed by atoms with Crippen LogP contribution in [0.2, 0.25) is 0 Å². The van der Waals surface area contributed by atoms with Crippen LogP contribution in [0.1, 0.15) is 39.2 Å². The molecule has 1 aromatic carbocycles. The predicted octanol–water partition coefficient (Wildman–Crippen LogP) is 1.60. The zero-order valence-corrected chi connectivity index (χ0v) is 15.2. The molecule has 7 nitrogen and oxygen atoms in total. The summed E-state index contributed by atoms with van der Waals surface area (Å²) in [7, 11) is 0. The van der Waals surface area contributed by atoms with Crippen LogP contribution in [-0.4, -0.2) is 56.6 Å². The van der Waals surface area contributed by atoms with Crippen molar-refractivity contribution in [3.63, 3.8) is 0 Å². The fraction of sp³-hybridized carbons (Fsp3) is 0.579. The zero-order valence-electron chi connectivity index (χ0n) is 15.2. The van der Waals surface area contributed by atoms with Gasteiger partial charge in [0.15, 0.2) is 5.54 Å². The van der Waals surface area contributed by atoms with Crippen molar-refractivity contribution < 1.29 is 29.3 Å². The van der Waals surface area contributed by atoms with Crippen molar-refractivity contribution in [1.29, 1.82) is 0 Å². The molecule has 2 fully saturated rings. The van der Waals surface area contributed by atoms with Crippen molar-refractivity contribution >= 4 is 12.1 Å². The first-order chi connectivity index (χ1) is 12.2. The lowest BCUT2D eigenvalue weighted by atomic mass is 9.83. The number of benzene rings is 1. The molecule has 0 unspecified atom stereocenters. The van der Waals surface area contributed by atoms with E-state index in [1.807, 2.05) is 30.3 Å². The highest BCUT2D eigenvalue weighted by Crippen LogP contribution is 2.48. The number of amides is 1. The van der Waals surface area contributed by atoms with E-state index in [4.69, 9.17) is 9.47 Å². The van der Waals surface area contributed by atoms with Gasteiger partial charge in [0.1, 0.15) is 24.4 Å². The molecule has 0 aliphatic carbocycles. The number of nitrogens with zero attached hydrogens (tertiary/aromatic N) is 1. The summed E-state index contributed by atoms with van der Waals surface area (Å²) in [5.41, 5.74) is -1.58. The minimum Gasteiger partial charge on any atom is -0.458 e. The van der Waals surface area contributed by atoms with Crippen molar-refractivity contribution in [2.24, 2.45) is 0 Å². The van der Waals surface area contributed by atoms with Gasteiger partial charge >= 0.3 is 12.1 Å². The SMILES string of the molecule is CC(C)(C)OC(=O)[C@]12CC[C@H]([C@@H](O)[C@H]1O)N2C(=O)OCc1ccccc1. The Morgan fingerprint density at radius 2 is 1.88 bits per heavy atom. The Kier molecular flexibility index (Phi) is 4.71. The van der Waals surface area contributed by atoms with E-state index in [1.54, 1.807) is 20.8 Å². The van der Waals surface area contributed by atoms with Crippen LogP contribution in [0.25, 0.3) is 0 Å². The van der Waals surface area contributed by atoms with Gasteiger partial charge in [-0.3, -0.25) is 4.90 Å². The first kappa shape index (κ1) is 18.7. The number of rotatable bonds is 3. The van der Waals surface area contributed by atoms with Crippen LogP contribution in [0, 0.1) is 0 Å². The first-order valence-corrected chi connectivity index (χ1v) is 8.76. The molecule has 1 aromatic rings. The van der Waals surface area contributed by atoms with Gasteiger partial charge in [-0.25, -0.2) is 9.59 Å². The van der Waals surface area contributed by atoms with Gasteiger partial charge in [-0.05, 0) is 39.2 Å². The number of hydrogen-bond donors (Lipinski definition) is 2. The average molecular weight is 363 g/mol. The van der Waals surface area contributed by atoms with E-state index in [1.165, 1.54) is 4.90 Å². The highest BCUT2D eigenvalue weighted by Gasteiger charge is 2.70. The maximum atomic E-state index is 12.8. The summed E-state index contributed by atoms with van der Waals surface area (Å²) in [4.78, 5) is 26.7. The smallest absolute Gasteiger partial charge is 0.411 e. The Hall–Kier alpha value is -2.12. The molecule has 2 aliphatic heterocycles. The topological polar surface area (TPSA) is 96.3 Å². The van der Waals surface area contributed by atoms with Gasteiger partial charge in [0.2, 0.25) is 0 Å². The lowest BCUT2D eigenvalue weighted by molar-refractivity contribution is -0.173. The molecule has 3 rings (SSSR count). The first-order valence-electron chi connectivity index (χ1n) is 8.76. The minimum absolute atomic E-state index is 0.0412. The van der Waals surface area contributed by atoms with Crippen LogP contribution >= 0.6 is 0 Å². The second-order valence-electron chi connectivity index (χ2n) is 7.88. The summed E-state index contributed by atoms with van der Waals surface area (Å²) < 4.78 is 10.8. The molecule has 26 heavy (non-hydrogen) atoms. The minimum atomic E-state index is -1.61. The predicted molar refractivity (Wildman–Crippen MR) is 92.1 cm³/mol. The van der Waals surface area contributed by atoms with E-state index < -0.39 is 41.5 Å². The van der Waals surface area contributed by atoms with Gasteiger partial charge in [0.05, 0.1) is 6.04 Å². The van der Waals surface area contributed by atoms with E-state index >= 15 is 0 Å². The van der Waals surface area contributed by atoms with Crippen LogP contribution in [0.3, 0.4) is 0 Å². The fourth-order valence-corrected chi connectivity index (χ4v) is 3.79. The number of aliphatic hydroxyl groups excluding tert-OH is 2. The van der Waals surface area contributed by atoms with Crippen molar-refractivity contribution in [2.45, 2.75) is 69.6 Å². The molecule has 142 valence electrons. The van der Waals surface area contributed by atoms with Crippen molar-refractivity contribution in [1.82, 2.24) is 4.90 Å². The Morgan fingerprint density at radius 3 is 2.50 bits per heavy atom. The summed E-state index contributed by atoms with van der Waals surface area (Å²) in [6, 6.07) is 8.49. The van der Waals surface area contributed by atoms with Crippen LogP contribution in [0.15, 0.2) is 30.3 Å². The summed E-state index contributed by atoms with van der Waals surface area (Å²) in [6.45, 7) is 5.18. The summed E-state index contributed by atoms with van der Waals surface area (Å²) in [5.74, 6) is -0.715. The lowest BCUT2D eigenvalue weighted by Crippen LogP contribution is -2.59. The maximum absolute atomic E-state index is 12.8. The van der Waals surface area contributed by atoms with Crippen molar-refractivity contribution in [2.75, 3.05) is 0 Å². The van der Waals surface area contributed by atoms with Gasteiger partial charge in [0.25, 0.3) is 0 Å². The quantitative estimate of drug-likeness (QED) is 0.792. The molecule has 2 saturated heterocycles. The second-order valence-corrected chi connectivity index (χ2v) is 7.88.